The molecule has 0 radical (unpaired) electrons. The fraction of sp³-hybridized carbons (Fsp3) is 0.273. The van der Waals surface area contributed by atoms with Gasteiger partial charge in [0.05, 0.1) is 0 Å². The van der Waals surface area contributed by atoms with E-state index in [1.54, 1.807) is 12.1 Å². The first-order valence-corrected chi connectivity index (χ1v) is 9.05. The molecule has 0 aliphatic heterocycles. The average Bonchev–Trinajstić information content (AvgIpc) is 2.63. The summed E-state index contributed by atoms with van der Waals surface area (Å²) in [5, 5.41) is 0. The highest BCUT2D eigenvalue weighted by Gasteiger charge is 2.44. The number of hydrogen-bond acceptors (Lipinski definition) is 1. The summed E-state index contributed by atoms with van der Waals surface area (Å²) in [6.07, 6.45) is -1.81. The number of alkyl halides is 4. The van der Waals surface area contributed by atoms with Crippen LogP contribution in [0.15, 0.2) is 60.4 Å². The third-order valence-corrected chi connectivity index (χ3v) is 4.67. The van der Waals surface area contributed by atoms with E-state index < -0.39 is 47.0 Å². The van der Waals surface area contributed by atoms with Crippen LogP contribution in [0, 0.1) is 5.82 Å². The summed E-state index contributed by atoms with van der Waals surface area (Å²) in [6.45, 7) is 1.96. The number of aryl methyl sites for hydroxylation is 1. The Hall–Kier alpha value is -2.70. The molecular formula is C22H18F6O. The van der Waals surface area contributed by atoms with Gasteiger partial charge in [0.15, 0.2) is 17.2 Å². The highest BCUT2D eigenvalue weighted by atomic mass is 19.4. The molecule has 0 fully saturated rings. The van der Waals surface area contributed by atoms with E-state index in [0.717, 1.165) is 36.3 Å². The smallest absolute Gasteiger partial charge is 0.403 e. The maximum atomic E-state index is 16.2. The van der Waals surface area contributed by atoms with Crippen LogP contribution >= 0.6 is 0 Å². The van der Waals surface area contributed by atoms with Crippen LogP contribution in [0.5, 0.6) is 5.75 Å². The van der Waals surface area contributed by atoms with Gasteiger partial charge in [-0.05, 0) is 29.7 Å². The second kappa shape index (κ2) is 7.97. The van der Waals surface area contributed by atoms with Crippen molar-refractivity contribution in [3.05, 3.63) is 83.0 Å². The molecule has 1 aliphatic rings. The molecule has 0 N–H and O–H groups in total. The second-order valence-corrected chi connectivity index (χ2v) is 6.75. The van der Waals surface area contributed by atoms with Crippen molar-refractivity contribution in [2.24, 2.45) is 0 Å². The number of ether oxygens (including phenoxy) is 1. The predicted octanol–water partition coefficient (Wildman–Crippen LogP) is 7.18. The fourth-order valence-corrected chi connectivity index (χ4v) is 3.50. The van der Waals surface area contributed by atoms with E-state index in [1.165, 1.54) is 12.1 Å². The molecule has 0 heterocycles. The molecule has 0 saturated carbocycles. The van der Waals surface area contributed by atoms with Gasteiger partial charge in [-0.25, -0.2) is 13.2 Å². The minimum Gasteiger partial charge on any atom is -0.403 e. The Morgan fingerprint density at radius 3 is 2.48 bits per heavy atom. The zero-order valence-electron chi connectivity index (χ0n) is 15.5. The van der Waals surface area contributed by atoms with Gasteiger partial charge in [-0.2, -0.15) is 0 Å². The topological polar surface area (TPSA) is 9.23 Å². The predicted molar refractivity (Wildman–Crippen MR) is 98.1 cm³/mol. The Bertz CT molecular complexity index is 960. The van der Waals surface area contributed by atoms with Gasteiger partial charge >= 0.3 is 6.36 Å². The van der Waals surface area contributed by atoms with E-state index in [4.69, 9.17) is 0 Å². The molecule has 1 unspecified atom stereocenters. The molecule has 0 bridgehead atoms. The maximum absolute atomic E-state index is 16.2. The van der Waals surface area contributed by atoms with Crippen LogP contribution in [-0.2, 0) is 12.1 Å². The summed E-state index contributed by atoms with van der Waals surface area (Å²) in [4.78, 5) is 0. The molecule has 2 aromatic carbocycles. The van der Waals surface area contributed by atoms with Crippen molar-refractivity contribution in [3.63, 3.8) is 0 Å². The van der Waals surface area contributed by atoms with Crippen molar-refractivity contribution in [1.29, 1.82) is 0 Å². The number of rotatable bonds is 5. The molecule has 0 aromatic heterocycles. The summed E-state index contributed by atoms with van der Waals surface area (Å²) >= 11 is 0. The zero-order chi connectivity index (χ0) is 21.2. The SMILES string of the molecule is CCCc1cccc(C2=C(F)C=CCC2(F)c2cccc(OC(F)(F)F)c2F)c1. The van der Waals surface area contributed by atoms with Gasteiger partial charge in [-0.1, -0.05) is 55.8 Å². The average molecular weight is 412 g/mol. The summed E-state index contributed by atoms with van der Waals surface area (Å²) in [6, 6.07) is 9.34. The van der Waals surface area contributed by atoms with E-state index in [1.807, 2.05) is 13.0 Å². The third-order valence-electron chi connectivity index (χ3n) is 4.67. The Labute approximate surface area is 164 Å². The van der Waals surface area contributed by atoms with E-state index in [9.17, 15) is 22.0 Å². The van der Waals surface area contributed by atoms with Crippen LogP contribution in [-0.4, -0.2) is 6.36 Å². The fourth-order valence-electron chi connectivity index (χ4n) is 3.50. The van der Waals surface area contributed by atoms with Crippen LogP contribution in [0.3, 0.4) is 0 Å². The molecule has 0 amide bonds. The quantitative estimate of drug-likeness (QED) is 0.473. The van der Waals surface area contributed by atoms with Crippen LogP contribution in [0.2, 0.25) is 0 Å². The molecule has 2 aromatic rings. The molecule has 3 rings (SSSR count). The summed E-state index contributed by atoms with van der Waals surface area (Å²) in [5.41, 5.74) is -2.77. The Morgan fingerprint density at radius 1 is 1.07 bits per heavy atom. The molecule has 1 atom stereocenters. The Kier molecular flexibility index (Phi) is 5.78. The lowest BCUT2D eigenvalue weighted by Gasteiger charge is -2.31. The van der Waals surface area contributed by atoms with Crippen molar-refractivity contribution in [2.75, 3.05) is 0 Å². The van der Waals surface area contributed by atoms with Crippen molar-refractivity contribution in [2.45, 2.75) is 38.2 Å². The number of allylic oxidation sites excluding steroid dienone is 4. The van der Waals surface area contributed by atoms with Gasteiger partial charge in [0.25, 0.3) is 0 Å². The van der Waals surface area contributed by atoms with E-state index in [0.29, 0.717) is 6.42 Å². The monoisotopic (exact) mass is 412 g/mol. The largest absolute Gasteiger partial charge is 0.573 e. The van der Waals surface area contributed by atoms with Gasteiger partial charge in [0.1, 0.15) is 5.83 Å². The molecule has 29 heavy (non-hydrogen) atoms. The van der Waals surface area contributed by atoms with Gasteiger partial charge in [-0.15, -0.1) is 13.2 Å². The molecule has 154 valence electrons. The highest BCUT2D eigenvalue weighted by Crippen LogP contribution is 2.49. The van der Waals surface area contributed by atoms with Crippen molar-refractivity contribution in [3.8, 4) is 5.75 Å². The number of hydrogen-bond donors (Lipinski definition) is 0. The van der Waals surface area contributed by atoms with Gasteiger partial charge in [0.2, 0.25) is 0 Å². The number of benzene rings is 2. The maximum Gasteiger partial charge on any atom is 0.573 e. The number of halogens is 6. The van der Waals surface area contributed by atoms with Crippen molar-refractivity contribution in [1.82, 2.24) is 0 Å². The molecule has 0 saturated heterocycles. The molecule has 7 heteroatoms. The van der Waals surface area contributed by atoms with Gasteiger partial charge in [0, 0.05) is 17.6 Å². The first-order chi connectivity index (χ1) is 13.7. The first kappa shape index (κ1) is 21.0. The van der Waals surface area contributed by atoms with Gasteiger partial charge in [-0.3, -0.25) is 0 Å². The molecular weight excluding hydrogens is 394 g/mol. The minimum absolute atomic E-state index is 0.210. The summed E-state index contributed by atoms with van der Waals surface area (Å²) < 4.78 is 87.0. The van der Waals surface area contributed by atoms with Crippen LogP contribution in [0.4, 0.5) is 26.3 Å². The Morgan fingerprint density at radius 2 is 1.79 bits per heavy atom. The van der Waals surface area contributed by atoms with Crippen molar-refractivity contribution >= 4 is 5.57 Å². The van der Waals surface area contributed by atoms with Gasteiger partial charge < -0.3 is 4.74 Å². The zero-order valence-corrected chi connectivity index (χ0v) is 15.5. The highest BCUT2D eigenvalue weighted by molar-refractivity contribution is 5.79. The summed E-state index contributed by atoms with van der Waals surface area (Å²) in [5.74, 6) is -3.59. The lowest BCUT2D eigenvalue weighted by Crippen LogP contribution is -2.27. The van der Waals surface area contributed by atoms with E-state index >= 15 is 4.39 Å². The molecule has 0 spiro atoms. The lowest BCUT2D eigenvalue weighted by molar-refractivity contribution is -0.275. The second-order valence-electron chi connectivity index (χ2n) is 6.75. The van der Waals surface area contributed by atoms with E-state index in [2.05, 4.69) is 4.74 Å². The normalized spacial score (nSPS) is 19.6. The van der Waals surface area contributed by atoms with Crippen molar-refractivity contribution < 1.29 is 31.1 Å². The van der Waals surface area contributed by atoms with Crippen LogP contribution in [0.1, 0.15) is 36.5 Å². The minimum atomic E-state index is -5.15. The Balaban J connectivity index is 2.14. The standard InChI is InChI=1S/C22H18F6O/c1-2-6-14-7-3-8-15(13-14)19-17(23)10-5-12-21(19,25)16-9-4-11-18(20(16)24)29-22(26,27)28/h3-5,7-11,13H,2,6,12H2,1H3. The summed E-state index contributed by atoms with van der Waals surface area (Å²) in [7, 11) is 0. The molecule has 1 aliphatic carbocycles. The first-order valence-electron chi connectivity index (χ1n) is 9.05. The lowest BCUT2D eigenvalue weighted by atomic mass is 9.78. The third kappa shape index (κ3) is 4.33. The van der Waals surface area contributed by atoms with E-state index in [-0.39, 0.29) is 5.56 Å². The van der Waals surface area contributed by atoms with Crippen LogP contribution < -0.4 is 4.74 Å². The molecule has 1 nitrogen and oxygen atoms in total. The van der Waals surface area contributed by atoms with Crippen LogP contribution in [0.25, 0.3) is 5.57 Å².